The summed E-state index contributed by atoms with van der Waals surface area (Å²) >= 11 is 3.42. The molecule has 0 spiro atoms. The molecule has 0 radical (unpaired) electrons. The minimum atomic E-state index is 0.673. The summed E-state index contributed by atoms with van der Waals surface area (Å²) in [5, 5.41) is 7.64. The molecule has 102 valence electrons. The van der Waals surface area contributed by atoms with Crippen molar-refractivity contribution in [2.45, 2.75) is 0 Å². The summed E-state index contributed by atoms with van der Waals surface area (Å²) in [5.41, 5.74) is 0.845. The van der Waals surface area contributed by atoms with Crippen molar-refractivity contribution in [3.63, 3.8) is 0 Å². The molecular formula is C12H16BrN5O. The molecule has 0 aliphatic carbocycles. The van der Waals surface area contributed by atoms with E-state index in [9.17, 15) is 0 Å². The van der Waals surface area contributed by atoms with E-state index in [0.717, 1.165) is 49.5 Å². The summed E-state index contributed by atoms with van der Waals surface area (Å²) in [6.45, 7) is 5.52. The van der Waals surface area contributed by atoms with E-state index in [1.165, 1.54) is 0 Å². The number of anilines is 1. The molecule has 0 aromatic carbocycles. The van der Waals surface area contributed by atoms with E-state index in [4.69, 9.17) is 4.74 Å². The third-order valence-corrected chi connectivity index (χ3v) is 3.58. The number of rotatable bonds is 4. The van der Waals surface area contributed by atoms with Gasteiger partial charge in [0.1, 0.15) is 0 Å². The smallest absolute Gasteiger partial charge is 0.243 e. The summed E-state index contributed by atoms with van der Waals surface area (Å²) in [6, 6.07) is 3.89. The minimum absolute atomic E-state index is 0.673. The maximum Gasteiger partial charge on any atom is 0.243 e. The van der Waals surface area contributed by atoms with Crippen LogP contribution in [0.15, 0.2) is 22.8 Å². The third-order valence-electron chi connectivity index (χ3n) is 3.11. The molecule has 2 aromatic heterocycles. The maximum atomic E-state index is 5.32. The second kappa shape index (κ2) is 5.85. The lowest BCUT2D eigenvalue weighted by Gasteiger charge is -2.26. The molecule has 1 N–H and O–H groups in total. The van der Waals surface area contributed by atoms with Crippen molar-refractivity contribution in [1.29, 1.82) is 0 Å². The van der Waals surface area contributed by atoms with Gasteiger partial charge < -0.3 is 10.1 Å². The molecule has 3 rings (SSSR count). The van der Waals surface area contributed by atoms with Crippen molar-refractivity contribution < 1.29 is 4.74 Å². The predicted molar refractivity (Wildman–Crippen MR) is 76.4 cm³/mol. The topological polar surface area (TPSA) is 54.7 Å². The quantitative estimate of drug-likeness (QED) is 0.916. The fraction of sp³-hybridized carbons (Fsp3) is 0.500. The number of pyridine rings is 1. The van der Waals surface area contributed by atoms with Crippen LogP contribution < -0.4 is 5.32 Å². The molecule has 7 heteroatoms. The fourth-order valence-electron chi connectivity index (χ4n) is 2.08. The van der Waals surface area contributed by atoms with Gasteiger partial charge in [-0.1, -0.05) is 0 Å². The number of hydrogen-bond acceptors (Lipinski definition) is 5. The number of nitrogens with zero attached hydrogens (tertiary/aromatic N) is 4. The van der Waals surface area contributed by atoms with Gasteiger partial charge in [-0.15, -0.1) is 5.10 Å². The van der Waals surface area contributed by atoms with Gasteiger partial charge in [0, 0.05) is 36.8 Å². The van der Waals surface area contributed by atoms with Crippen LogP contribution in [0.25, 0.3) is 5.65 Å². The van der Waals surface area contributed by atoms with E-state index >= 15 is 0 Å². The molecule has 3 heterocycles. The number of aromatic nitrogens is 3. The van der Waals surface area contributed by atoms with Gasteiger partial charge >= 0.3 is 0 Å². The number of nitrogens with one attached hydrogen (secondary N) is 1. The monoisotopic (exact) mass is 325 g/mol. The lowest BCUT2D eigenvalue weighted by molar-refractivity contribution is 0.0398. The van der Waals surface area contributed by atoms with E-state index in [2.05, 4.69) is 36.2 Å². The molecule has 0 saturated carbocycles. The van der Waals surface area contributed by atoms with Gasteiger partial charge in [-0.05, 0) is 28.1 Å². The molecule has 19 heavy (non-hydrogen) atoms. The van der Waals surface area contributed by atoms with E-state index in [1.54, 1.807) is 4.52 Å². The van der Waals surface area contributed by atoms with Gasteiger partial charge in [0.2, 0.25) is 5.95 Å². The van der Waals surface area contributed by atoms with Crippen molar-refractivity contribution in [3.8, 4) is 0 Å². The lowest BCUT2D eigenvalue weighted by Crippen LogP contribution is -2.39. The summed E-state index contributed by atoms with van der Waals surface area (Å²) in [6.07, 6.45) is 1.90. The highest BCUT2D eigenvalue weighted by Crippen LogP contribution is 2.11. The van der Waals surface area contributed by atoms with E-state index in [0.29, 0.717) is 5.95 Å². The Kier molecular flexibility index (Phi) is 3.95. The van der Waals surface area contributed by atoms with E-state index in [1.807, 2.05) is 18.3 Å². The van der Waals surface area contributed by atoms with Gasteiger partial charge in [0.05, 0.1) is 13.2 Å². The Morgan fingerprint density at radius 3 is 3.00 bits per heavy atom. The summed E-state index contributed by atoms with van der Waals surface area (Å²) < 4.78 is 8.08. The molecule has 0 atom stereocenters. The van der Waals surface area contributed by atoms with Crippen molar-refractivity contribution >= 4 is 27.5 Å². The first-order chi connectivity index (χ1) is 9.31. The first-order valence-electron chi connectivity index (χ1n) is 6.37. The number of ether oxygens (including phenoxy) is 1. The highest BCUT2D eigenvalue weighted by Gasteiger charge is 2.10. The first kappa shape index (κ1) is 12.8. The van der Waals surface area contributed by atoms with Crippen molar-refractivity contribution in [2.24, 2.45) is 0 Å². The number of fused-ring (bicyclic) bond motifs is 1. The fourth-order valence-corrected chi connectivity index (χ4v) is 2.41. The number of hydrogen-bond donors (Lipinski definition) is 1. The SMILES string of the molecule is Brc1ccc2nc(NCCN3CCOCC3)nn2c1. The molecule has 1 aliphatic rings. The van der Waals surface area contributed by atoms with Gasteiger partial charge in [-0.25, -0.2) is 4.52 Å². The Hall–Kier alpha value is -1.18. The molecule has 0 unspecified atom stereocenters. The molecule has 0 amide bonds. The molecule has 1 saturated heterocycles. The Labute approximate surface area is 119 Å². The molecular weight excluding hydrogens is 310 g/mol. The standard InChI is InChI=1S/C12H16BrN5O/c13-10-1-2-11-15-12(16-18(11)9-10)14-3-4-17-5-7-19-8-6-17/h1-2,9H,3-8H2,(H,14,16). The summed E-state index contributed by atoms with van der Waals surface area (Å²) in [5.74, 6) is 0.673. The van der Waals surface area contributed by atoms with Crippen LogP contribution >= 0.6 is 15.9 Å². The van der Waals surface area contributed by atoms with Gasteiger partial charge in [0.25, 0.3) is 0 Å². The third kappa shape index (κ3) is 3.23. The molecule has 6 nitrogen and oxygen atoms in total. The average molecular weight is 326 g/mol. The normalized spacial score (nSPS) is 16.9. The zero-order chi connectivity index (χ0) is 13.1. The largest absolute Gasteiger partial charge is 0.379 e. The van der Waals surface area contributed by atoms with Crippen molar-refractivity contribution in [3.05, 3.63) is 22.8 Å². The number of halogens is 1. The maximum absolute atomic E-state index is 5.32. The minimum Gasteiger partial charge on any atom is -0.379 e. The van der Waals surface area contributed by atoms with Gasteiger partial charge in [-0.3, -0.25) is 4.90 Å². The van der Waals surface area contributed by atoms with E-state index in [-0.39, 0.29) is 0 Å². The zero-order valence-electron chi connectivity index (χ0n) is 10.5. The molecule has 2 aromatic rings. The lowest BCUT2D eigenvalue weighted by atomic mass is 10.4. The Morgan fingerprint density at radius 2 is 2.16 bits per heavy atom. The Bertz CT molecular complexity index is 552. The van der Waals surface area contributed by atoms with Crippen LogP contribution in [-0.4, -0.2) is 58.9 Å². The van der Waals surface area contributed by atoms with E-state index < -0.39 is 0 Å². The first-order valence-corrected chi connectivity index (χ1v) is 7.16. The highest BCUT2D eigenvalue weighted by atomic mass is 79.9. The molecule has 1 fully saturated rings. The Morgan fingerprint density at radius 1 is 1.32 bits per heavy atom. The van der Waals surface area contributed by atoms with Crippen LogP contribution in [0.2, 0.25) is 0 Å². The van der Waals surface area contributed by atoms with Crippen LogP contribution in [0, 0.1) is 0 Å². The van der Waals surface area contributed by atoms with Gasteiger partial charge in [-0.2, -0.15) is 4.98 Å². The van der Waals surface area contributed by atoms with Crippen LogP contribution in [-0.2, 0) is 4.74 Å². The Balaban J connectivity index is 1.56. The number of morpholine rings is 1. The second-order valence-corrected chi connectivity index (χ2v) is 5.38. The van der Waals surface area contributed by atoms with Gasteiger partial charge in [0.15, 0.2) is 5.65 Å². The van der Waals surface area contributed by atoms with Crippen molar-refractivity contribution in [1.82, 2.24) is 19.5 Å². The van der Waals surface area contributed by atoms with Crippen LogP contribution in [0.1, 0.15) is 0 Å². The average Bonchev–Trinajstić information content (AvgIpc) is 2.82. The summed E-state index contributed by atoms with van der Waals surface area (Å²) in [7, 11) is 0. The van der Waals surface area contributed by atoms with Crippen LogP contribution in [0.4, 0.5) is 5.95 Å². The second-order valence-electron chi connectivity index (χ2n) is 4.47. The zero-order valence-corrected chi connectivity index (χ0v) is 12.1. The highest BCUT2D eigenvalue weighted by molar-refractivity contribution is 9.10. The molecule has 0 bridgehead atoms. The summed E-state index contributed by atoms with van der Waals surface area (Å²) in [4.78, 5) is 6.79. The van der Waals surface area contributed by atoms with Crippen LogP contribution in [0.5, 0.6) is 0 Å². The predicted octanol–water partition coefficient (Wildman–Crippen LogP) is 1.24. The molecule has 1 aliphatic heterocycles. The van der Waals surface area contributed by atoms with Crippen molar-refractivity contribution in [2.75, 3.05) is 44.7 Å². The van der Waals surface area contributed by atoms with Crippen LogP contribution in [0.3, 0.4) is 0 Å².